The summed E-state index contributed by atoms with van der Waals surface area (Å²) in [7, 11) is -3.60. The summed E-state index contributed by atoms with van der Waals surface area (Å²) in [6, 6.07) is 8.88. The minimum atomic E-state index is -3.60. The van der Waals surface area contributed by atoms with Gasteiger partial charge in [-0.25, -0.2) is 13.1 Å². The van der Waals surface area contributed by atoms with Crippen LogP contribution >= 0.6 is 11.3 Å². The summed E-state index contributed by atoms with van der Waals surface area (Å²) in [6.45, 7) is 0. The number of hydrogen-bond donors (Lipinski definition) is 2. The largest absolute Gasteiger partial charge is 0.481 e. The number of benzene rings is 1. The maximum absolute atomic E-state index is 12.5. The van der Waals surface area contributed by atoms with Crippen molar-refractivity contribution in [2.75, 3.05) is 0 Å². The third-order valence-corrected chi connectivity index (χ3v) is 7.12. The monoisotopic (exact) mass is 339 g/mol. The van der Waals surface area contributed by atoms with E-state index in [1.165, 1.54) is 11.3 Å². The van der Waals surface area contributed by atoms with Gasteiger partial charge in [0.15, 0.2) is 0 Å². The molecule has 118 valence electrons. The topological polar surface area (TPSA) is 83.5 Å². The van der Waals surface area contributed by atoms with Gasteiger partial charge in [-0.3, -0.25) is 4.79 Å². The summed E-state index contributed by atoms with van der Waals surface area (Å²) in [5, 5.41) is 9.99. The third-order valence-electron chi connectivity index (χ3n) is 4.01. The minimum absolute atomic E-state index is 0.283. The fraction of sp³-hybridized carbons (Fsp3) is 0.400. The molecule has 1 saturated carbocycles. The molecule has 2 aromatic rings. The molecule has 0 saturated heterocycles. The average molecular weight is 339 g/mol. The lowest BCUT2D eigenvalue weighted by atomic mass is 9.86. The molecule has 1 heterocycles. The Kier molecular flexibility index (Phi) is 4.20. The summed E-state index contributed by atoms with van der Waals surface area (Å²) in [5.74, 6) is -1.30. The lowest BCUT2D eigenvalue weighted by Gasteiger charge is -2.26. The van der Waals surface area contributed by atoms with Crippen LogP contribution in [0.2, 0.25) is 0 Å². The van der Waals surface area contributed by atoms with Gasteiger partial charge >= 0.3 is 5.97 Å². The average Bonchev–Trinajstić information content (AvgIpc) is 2.92. The third kappa shape index (κ3) is 3.16. The van der Waals surface area contributed by atoms with Crippen molar-refractivity contribution < 1.29 is 18.3 Å². The number of thiophene rings is 1. The van der Waals surface area contributed by atoms with Crippen LogP contribution in [0.3, 0.4) is 0 Å². The zero-order chi connectivity index (χ0) is 15.7. The molecule has 0 radical (unpaired) electrons. The first-order valence-corrected chi connectivity index (χ1v) is 9.49. The zero-order valence-electron chi connectivity index (χ0n) is 11.9. The van der Waals surface area contributed by atoms with Crippen molar-refractivity contribution in [3.05, 3.63) is 30.3 Å². The van der Waals surface area contributed by atoms with Crippen molar-refractivity contribution >= 4 is 37.4 Å². The minimum Gasteiger partial charge on any atom is -0.481 e. The van der Waals surface area contributed by atoms with Gasteiger partial charge in [0.25, 0.3) is 0 Å². The van der Waals surface area contributed by atoms with Crippen molar-refractivity contribution in [2.45, 2.75) is 35.9 Å². The van der Waals surface area contributed by atoms with E-state index in [0.717, 1.165) is 16.5 Å². The zero-order valence-corrected chi connectivity index (χ0v) is 13.5. The molecule has 0 bridgehead atoms. The Morgan fingerprint density at radius 1 is 1.27 bits per heavy atom. The Morgan fingerprint density at radius 2 is 2.05 bits per heavy atom. The van der Waals surface area contributed by atoms with Crippen LogP contribution in [0.25, 0.3) is 10.1 Å². The van der Waals surface area contributed by atoms with Gasteiger partial charge in [0.2, 0.25) is 10.0 Å². The molecular formula is C15H17NO4S2. The Bertz CT molecular complexity index is 764. The number of fused-ring (bicyclic) bond motifs is 1. The van der Waals surface area contributed by atoms with Crippen molar-refractivity contribution in [3.8, 4) is 0 Å². The molecule has 0 aliphatic heterocycles. The molecule has 3 rings (SSSR count). The first kappa shape index (κ1) is 15.5. The number of aliphatic carboxylic acids is 1. The fourth-order valence-corrected chi connectivity index (χ4v) is 5.59. The van der Waals surface area contributed by atoms with Crippen LogP contribution in [0.15, 0.2) is 34.5 Å². The maximum Gasteiger partial charge on any atom is 0.306 e. The van der Waals surface area contributed by atoms with Crippen molar-refractivity contribution in [1.82, 2.24) is 4.72 Å². The van der Waals surface area contributed by atoms with Gasteiger partial charge in [-0.2, -0.15) is 0 Å². The molecule has 5 nitrogen and oxygen atoms in total. The van der Waals surface area contributed by atoms with Crippen LogP contribution < -0.4 is 4.72 Å². The van der Waals surface area contributed by atoms with Crippen molar-refractivity contribution in [2.24, 2.45) is 5.92 Å². The van der Waals surface area contributed by atoms with Gasteiger partial charge in [-0.05, 0) is 36.8 Å². The second-order valence-electron chi connectivity index (χ2n) is 5.62. The van der Waals surface area contributed by atoms with Gasteiger partial charge in [-0.1, -0.05) is 24.6 Å². The summed E-state index contributed by atoms with van der Waals surface area (Å²) < 4.78 is 28.9. The Labute approximate surface area is 133 Å². The summed E-state index contributed by atoms with van der Waals surface area (Å²) >= 11 is 1.23. The molecule has 0 amide bonds. The van der Waals surface area contributed by atoms with E-state index in [4.69, 9.17) is 5.11 Å². The number of carbonyl (C=O) groups is 1. The van der Waals surface area contributed by atoms with Crippen LogP contribution in [0.5, 0.6) is 0 Å². The van der Waals surface area contributed by atoms with Crippen LogP contribution in [0.1, 0.15) is 25.7 Å². The molecule has 1 aliphatic carbocycles. The standard InChI is InChI=1S/C15H17NO4S2/c17-15(18)11-5-3-6-12(8-11)16-22(19,20)14-9-10-4-1-2-7-13(10)21-14/h1-2,4,7,9,11-12,16H,3,5-6,8H2,(H,17,18)/t11-,12+/m1/s1. The fourth-order valence-electron chi connectivity index (χ4n) is 2.89. The summed E-state index contributed by atoms with van der Waals surface area (Å²) in [4.78, 5) is 11.1. The Morgan fingerprint density at radius 3 is 2.77 bits per heavy atom. The number of carboxylic acid groups (broad SMARTS) is 1. The van der Waals surface area contributed by atoms with E-state index in [0.29, 0.717) is 19.3 Å². The predicted molar refractivity (Wildman–Crippen MR) is 85.5 cm³/mol. The molecule has 1 aromatic heterocycles. The van der Waals surface area contributed by atoms with E-state index in [-0.39, 0.29) is 10.3 Å². The van der Waals surface area contributed by atoms with Crippen LogP contribution in [-0.4, -0.2) is 25.5 Å². The lowest BCUT2D eigenvalue weighted by molar-refractivity contribution is -0.143. The van der Waals surface area contributed by atoms with Gasteiger partial charge < -0.3 is 5.11 Å². The van der Waals surface area contributed by atoms with Gasteiger partial charge in [0.1, 0.15) is 4.21 Å². The van der Waals surface area contributed by atoms with E-state index in [1.54, 1.807) is 6.07 Å². The second-order valence-corrected chi connectivity index (χ2v) is 8.65. The quantitative estimate of drug-likeness (QED) is 0.897. The molecule has 0 unspecified atom stereocenters. The number of carboxylic acids is 1. The molecule has 1 aromatic carbocycles. The van der Waals surface area contributed by atoms with E-state index < -0.39 is 21.9 Å². The number of hydrogen-bond acceptors (Lipinski definition) is 4. The van der Waals surface area contributed by atoms with E-state index >= 15 is 0 Å². The Balaban J connectivity index is 1.79. The molecule has 22 heavy (non-hydrogen) atoms. The highest BCUT2D eigenvalue weighted by atomic mass is 32.2. The highest BCUT2D eigenvalue weighted by molar-refractivity contribution is 7.91. The summed E-state index contributed by atoms with van der Waals surface area (Å²) in [6.07, 6.45) is 2.40. The maximum atomic E-state index is 12.5. The van der Waals surface area contributed by atoms with Crippen molar-refractivity contribution in [3.63, 3.8) is 0 Å². The molecule has 2 atom stereocenters. The number of nitrogens with one attached hydrogen (secondary N) is 1. The van der Waals surface area contributed by atoms with E-state index in [9.17, 15) is 13.2 Å². The molecular weight excluding hydrogens is 322 g/mol. The molecule has 2 N–H and O–H groups in total. The van der Waals surface area contributed by atoms with Crippen molar-refractivity contribution in [1.29, 1.82) is 0 Å². The molecule has 0 spiro atoms. The summed E-state index contributed by atoms with van der Waals surface area (Å²) in [5.41, 5.74) is 0. The molecule has 7 heteroatoms. The smallest absolute Gasteiger partial charge is 0.306 e. The van der Waals surface area contributed by atoms with Gasteiger partial charge in [-0.15, -0.1) is 11.3 Å². The Hall–Kier alpha value is -1.44. The number of sulfonamides is 1. The highest BCUT2D eigenvalue weighted by Gasteiger charge is 2.30. The van der Waals surface area contributed by atoms with E-state index in [1.807, 2.05) is 24.3 Å². The highest BCUT2D eigenvalue weighted by Crippen LogP contribution is 2.30. The van der Waals surface area contributed by atoms with Crippen LogP contribution in [0.4, 0.5) is 0 Å². The predicted octanol–water partition coefficient (Wildman–Crippen LogP) is 2.82. The second kappa shape index (κ2) is 5.98. The van der Waals surface area contributed by atoms with E-state index in [2.05, 4.69) is 4.72 Å². The molecule has 1 aliphatic rings. The van der Waals surface area contributed by atoms with Crippen LogP contribution in [-0.2, 0) is 14.8 Å². The SMILES string of the molecule is O=C(O)[C@@H]1CCC[C@H](NS(=O)(=O)c2cc3ccccc3s2)C1. The number of rotatable bonds is 4. The van der Waals surface area contributed by atoms with Gasteiger partial charge in [0, 0.05) is 10.7 Å². The van der Waals surface area contributed by atoms with Gasteiger partial charge in [0.05, 0.1) is 5.92 Å². The van der Waals surface area contributed by atoms with Crippen LogP contribution in [0, 0.1) is 5.92 Å². The lowest BCUT2D eigenvalue weighted by Crippen LogP contribution is -2.39. The first-order valence-electron chi connectivity index (χ1n) is 7.19. The molecule has 1 fully saturated rings. The normalized spacial score (nSPS) is 22.7. The first-order chi connectivity index (χ1) is 10.5.